The van der Waals surface area contributed by atoms with Gasteiger partial charge >= 0.3 is 0 Å². The van der Waals surface area contributed by atoms with Crippen LogP contribution in [0.3, 0.4) is 0 Å². The number of pyridine rings is 1. The molecule has 0 aromatic carbocycles. The highest BCUT2D eigenvalue weighted by atomic mass is 32.2. The van der Waals surface area contributed by atoms with Crippen LogP contribution in [0, 0.1) is 5.92 Å². The standard InChI is InChI=1S/C12H17NOS/c1-4-9(2)8-15-12-6-5-11(7-13-12)10(3)14/h5-7,9H,4,8H2,1-3H3. The van der Waals surface area contributed by atoms with Crippen molar-refractivity contribution in [2.45, 2.75) is 32.2 Å². The number of rotatable bonds is 5. The number of hydrogen-bond acceptors (Lipinski definition) is 3. The first kappa shape index (κ1) is 12.2. The summed E-state index contributed by atoms with van der Waals surface area (Å²) in [6, 6.07) is 3.76. The molecule has 1 unspecified atom stereocenters. The number of hydrogen-bond donors (Lipinski definition) is 0. The highest BCUT2D eigenvalue weighted by Gasteiger charge is 2.03. The molecule has 0 saturated heterocycles. The zero-order valence-electron chi connectivity index (χ0n) is 9.49. The summed E-state index contributed by atoms with van der Waals surface area (Å²) in [4.78, 5) is 15.3. The molecule has 1 aromatic rings. The predicted molar refractivity (Wildman–Crippen MR) is 64.4 cm³/mol. The maximum Gasteiger partial charge on any atom is 0.161 e. The fraction of sp³-hybridized carbons (Fsp3) is 0.500. The molecule has 0 spiro atoms. The van der Waals surface area contributed by atoms with Crippen LogP contribution in [-0.4, -0.2) is 16.5 Å². The average Bonchev–Trinajstić information content (AvgIpc) is 2.26. The quantitative estimate of drug-likeness (QED) is 0.566. The summed E-state index contributed by atoms with van der Waals surface area (Å²) >= 11 is 1.75. The van der Waals surface area contributed by atoms with E-state index in [1.165, 1.54) is 6.42 Å². The van der Waals surface area contributed by atoms with Gasteiger partial charge in [-0.15, -0.1) is 11.8 Å². The molecule has 2 nitrogen and oxygen atoms in total. The summed E-state index contributed by atoms with van der Waals surface area (Å²) in [7, 11) is 0. The third-order valence-electron chi connectivity index (χ3n) is 2.36. The molecular formula is C12H17NOS. The highest BCUT2D eigenvalue weighted by molar-refractivity contribution is 7.99. The molecule has 0 aliphatic heterocycles. The number of carbonyl (C=O) groups excluding carboxylic acids is 1. The topological polar surface area (TPSA) is 30.0 Å². The van der Waals surface area contributed by atoms with E-state index in [9.17, 15) is 4.79 Å². The minimum atomic E-state index is 0.0703. The van der Waals surface area contributed by atoms with E-state index in [0.29, 0.717) is 11.5 Å². The lowest BCUT2D eigenvalue weighted by molar-refractivity contribution is 0.101. The van der Waals surface area contributed by atoms with Crippen molar-refractivity contribution in [1.29, 1.82) is 0 Å². The van der Waals surface area contributed by atoms with Crippen LogP contribution in [0.25, 0.3) is 0 Å². The molecule has 0 fully saturated rings. The van der Waals surface area contributed by atoms with Crippen molar-refractivity contribution < 1.29 is 4.79 Å². The second-order valence-electron chi connectivity index (χ2n) is 3.77. The summed E-state index contributed by atoms with van der Waals surface area (Å²) in [6.45, 7) is 5.98. The van der Waals surface area contributed by atoms with Gasteiger partial charge in [-0.2, -0.15) is 0 Å². The minimum Gasteiger partial charge on any atom is -0.294 e. The molecule has 0 aliphatic carbocycles. The minimum absolute atomic E-state index is 0.0703. The first-order valence-corrected chi connectivity index (χ1v) is 6.21. The monoisotopic (exact) mass is 223 g/mol. The number of ketones is 1. The van der Waals surface area contributed by atoms with Crippen molar-refractivity contribution in [2.24, 2.45) is 5.92 Å². The van der Waals surface area contributed by atoms with Crippen LogP contribution in [0.4, 0.5) is 0 Å². The first-order chi connectivity index (χ1) is 7.13. The summed E-state index contributed by atoms with van der Waals surface area (Å²) < 4.78 is 0. The molecule has 3 heteroatoms. The fourth-order valence-corrected chi connectivity index (χ4v) is 2.00. The van der Waals surface area contributed by atoms with E-state index in [-0.39, 0.29) is 5.78 Å². The fourth-order valence-electron chi connectivity index (χ4n) is 1.02. The zero-order valence-corrected chi connectivity index (χ0v) is 10.3. The normalized spacial score (nSPS) is 12.5. The van der Waals surface area contributed by atoms with Gasteiger partial charge in [0.15, 0.2) is 5.78 Å². The lowest BCUT2D eigenvalue weighted by Gasteiger charge is -2.06. The Morgan fingerprint density at radius 1 is 1.53 bits per heavy atom. The third-order valence-corrected chi connectivity index (χ3v) is 3.63. The van der Waals surface area contributed by atoms with Gasteiger partial charge in [-0.3, -0.25) is 4.79 Å². The van der Waals surface area contributed by atoms with Gasteiger partial charge in [-0.05, 0) is 25.0 Å². The molecule has 15 heavy (non-hydrogen) atoms. The number of carbonyl (C=O) groups is 1. The number of aromatic nitrogens is 1. The van der Waals surface area contributed by atoms with Gasteiger partial charge in [-0.1, -0.05) is 20.3 Å². The van der Waals surface area contributed by atoms with Gasteiger partial charge < -0.3 is 0 Å². The van der Waals surface area contributed by atoms with Crippen molar-refractivity contribution >= 4 is 17.5 Å². The third kappa shape index (κ3) is 4.04. The number of thioether (sulfide) groups is 1. The van der Waals surface area contributed by atoms with E-state index in [4.69, 9.17) is 0 Å². The molecule has 1 rings (SSSR count). The van der Waals surface area contributed by atoms with Crippen molar-refractivity contribution in [1.82, 2.24) is 4.98 Å². The van der Waals surface area contributed by atoms with Crippen molar-refractivity contribution in [3.8, 4) is 0 Å². The Morgan fingerprint density at radius 2 is 2.27 bits per heavy atom. The molecule has 0 bridgehead atoms. The van der Waals surface area contributed by atoms with Crippen LogP contribution in [0.15, 0.2) is 23.4 Å². The molecule has 0 aliphatic rings. The Morgan fingerprint density at radius 3 is 2.73 bits per heavy atom. The van der Waals surface area contributed by atoms with Gasteiger partial charge in [0, 0.05) is 17.5 Å². The van der Waals surface area contributed by atoms with E-state index in [1.807, 2.05) is 12.1 Å². The Balaban J connectivity index is 2.53. The van der Waals surface area contributed by atoms with Gasteiger partial charge in [0.25, 0.3) is 0 Å². The smallest absolute Gasteiger partial charge is 0.161 e. The summed E-state index contributed by atoms with van der Waals surface area (Å²) in [6.07, 6.45) is 2.85. The maximum atomic E-state index is 11.0. The zero-order chi connectivity index (χ0) is 11.3. The van der Waals surface area contributed by atoms with Gasteiger partial charge in [0.1, 0.15) is 0 Å². The molecule has 0 N–H and O–H groups in total. The lowest BCUT2D eigenvalue weighted by Crippen LogP contribution is -1.97. The molecule has 0 saturated carbocycles. The van der Waals surface area contributed by atoms with Crippen molar-refractivity contribution in [3.05, 3.63) is 23.9 Å². The van der Waals surface area contributed by atoms with Crippen molar-refractivity contribution in [2.75, 3.05) is 5.75 Å². The Hall–Kier alpha value is -0.830. The molecule has 1 heterocycles. The van der Waals surface area contributed by atoms with Crippen molar-refractivity contribution in [3.63, 3.8) is 0 Å². The molecule has 1 atom stereocenters. The first-order valence-electron chi connectivity index (χ1n) is 5.23. The summed E-state index contributed by atoms with van der Waals surface area (Å²) in [5, 5.41) is 1.00. The predicted octanol–water partition coefficient (Wildman–Crippen LogP) is 3.42. The van der Waals surface area contributed by atoms with E-state index in [0.717, 1.165) is 10.8 Å². The molecule has 1 aromatic heterocycles. The Labute approximate surface area is 95.5 Å². The van der Waals surface area contributed by atoms with Gasteiger partial charge in [0.2, 0.25) is 0 Å². The summed E-state index contributed by atoms with van der Waals surface area (Å²) in [5.41, 5.74) is 0.683. The Kier molecular flexibility index (Phi) is 4.82. The van der Waals surface area contributed by atoms with Crippen LogP contribution in [-0.2, 0) is 0 Å². The van der Waals surface area contributed by atoms with Crippen LogP contribution in [0.5, 0.6) is 0 Å². The average molecular weight is 223 g/mol. The van der Waals surface area contributed by atoms with Crippen LogP contribution >= 0.6 is 11.8 Å². The maximum absolute atomic E-state index is 11.0. The Bertz CT molecular complexity index is 321. The van der Waals surface area contributed by atoms with Gasteiger partial charge in [0.05, 0.1) is 5.03 Å². The molecule has 82 valence electrons. The van der Waals surface area contributed by atoms with E-state index in [1.54, 1.807) is 24.9 Å². The van der Waals surface area contributed by atoms with Crippen LogP contribution in [0.2, 0.25) is 0 Å². The van der Waals surface area contributed by atoms with E-state index < -0.39 is 0 Å². The van der Waals surface area contributed by atoms with Crippen LogP contribution in [0.1, 0.15) is 37.6 Å². The largest absolute Gasteiger partial charge is 0.294 e. The molecule has 0 amide bonds. The second-order valence-corrected chi connectivity index (χ2v) is 4.81. The number of nitrogens with zero attached hydrogens (tertiary/aromatic N) is 1. The number of Topliss-reactive ketones (excluding diaryl/α,β-unsaturated/α-hetero) is 1. The summed E-state index contributed by atoms with van der Waals surface area (Å²) in [5.74, 6) is 1.87. The van der Waals surface area contributed by atoms with E-state index in [2.05, 4.69) is 18.8 Å². The molecular weight excluding hydrogens is 206 g/mol. The molecule has 0 radical (unpaired) electrons. The van der Waals surface area contributed by atoms with Gasteiger partial charge in [-0.25, -0.2) is 4.98 Å². The highest BCUT2D eigenvalue weighted by Crippen LogP contribution is 2.19. The van der Waals surface area contributed by atoms with Crippen LogP contribution < -0.4 is 0 Å². The lowest BCUT2D eigenvalue weighted by atomic mass is 10.2. The van der Waals surface area contributed by atoms with E-state index >= 15 is 0 Å². The SMILES string of the molecule is CCC(C)CSc1ccc(C(C)=O)cn1. The second kappa shape index (κ2) is 5.91.